The highest BCUT2D eigenvalue weighted by Crippen LogP contribution is 2.17. The van der Waals surface area contributed by atoms with E-state index in [-0.39, 0.29) is 0 Å². The molecule has 1 N–H and O–H groups in total. The Kier molecular flexibility index (Phi) is 8.24. The maximum atomic E-state index is 12.3. The van der Waals surface area contributed by atoms with Gasteiger partial charge in [0.15, 0.2) is 0 Å². The highest BCUT2D eigenvalue weighted by molar-refractivity contribution is 5.76. The normalized spacial score (nSPS) is 11.2. The van der Waals surface area contributed by atoms with Gasteiger partial charge in [-0.05, 0) is 55.3 Å². The SMILES string of the molecule is CC(C)OC(=O)NN(C(=O)OC(C)C)/C(=C\c1ccc(N(C)C)cc1)[N+](=O)[O-]. The van der Waals surface area contributed by atoms with Crippen molar-refractivity contribution in [1.82, 2.24) is 10.4 Å². The molecule has 28 heavy (non-hydrogen) atoms. The molecule has 0 aliphatic rings. The van der Waals surface area contributed by atoms with Crippen LogP contribution in [0.25, 0.3) is 6.08 Å². The number of carbonyl (C=O) groups excluding carboxylic acids is 2. The van der Waals surface area contributed by atoms with Crippen LogP contribution in [0.5, 0.6) is 0 Å². The summed E-state index contributed by atoms with van der Waals surface area (Å²) in [4.78, 5) is 36.9. The number of hydrogen-bond donors (Lipinski definition) is 1. The number of carbonyl (C=O) groups is 2. The summed E-state index contributed by atoms with van der Waals surface area (Å²) in [5, 5.41) is 12.0. The molecule has 0 saturated heterocycles. The van der Waals surface area contributed by atoms with Gasteiger partial charge in [0, 0.05) is 25.9 Å². The minimum absolute atomic E-state index is 0.421. The molecule has 1 rings (SSSR count). The van der Waals surface area contributed by atoms with E-state index in [9.17, 15) is 19.7 Å². The maximum Gasteiger partial charge on any atom is 0.532 e. The van der Waals surface area contributed by atoms with Crippen LogP contribution in [0.1, 0.15) is 33.3 Å². The summed E-state index contributed by atoms with van der Waals surface area (Å²) in [6.45, 7) is 6.37. The number of nitro groups is 1. The van der Waals surface area contributed by atoms with Crippen LogP contribution in [0.3, 0.4) is 0 Å². The van der Waals surface area contributed by atoms with E-state index in [4.69, 9.17) is 9.47 Å². The predicted octanol–water partition coefficient (Wildman–Crippen LogP) is 3.22. The lowest BCUT2D eigenvalue weighted by atomic mass is 10.2. The molecule has 0 aliphatic carbocycles. The third kappa shape index (κ3) is 7.14. The molecular weight excluding hydrogens is 368 g/mol. The van der Waals surface area contributed by atoms with Crippen molar-refractivity contribution in [2.45, 2.75) is 39.9 Å². The van der Waals surface area contributed by atoms with Crippen LogP contribution in [-0.4, -0.2) is 48.4 Å². The molecule has 0 radical (unpaired) electrons. The number of nitrogens with zero attached hydrogens (tertiary/aromatic N) is 3. The van der Waals surface area contributed by atoms with Gasteiger partial charge >= 0.3 is 18.0 Å². The molecular formula is C18H26N4O6. The molecule has 0 aliphatic heterocycles. The Labute approximate surface area is 163 Å². The van der Waals surface area contributed by atoms with Crippen LogP contribution in [-0.2, 0) is 9.47 Å². The molecule has 10 heteroatoms. The number of ether oxygens (including phenoxy) is 2. The molecule has 10 nitrogen and oxygen atoms in total. The number of amides is 2. The van der Waals surface area contributed by atoms with Crippen molar-refractivity contribution in [3.8, 4) is 0 Å². The van der Waals surface area contributed by atoms with Crippen LogP contribution >= 0.6 is 0 Å². The van der Waals surface area contributed by atoms with Gasteiger partial charge in [-0.1, -0.05) is 12.1 Å². The first-order valence-corrected chi connectivity index (χ1v) is 8.62. The average Bonchev–Trinajstić information content (AvgIpc) is 2.56. The van der Waals surface area contributed by atoms with Crippen molar-refractivity contribution in [3.63, 3.8) is 0 Å². The first-order chi connectivity index (χ1) is 13.0. The van der Waals surface area contributed by atoms with E-state index < -0.39 is 35.1 Å². The van der Waals surface area contributed by atoms with Crippen molar-refractivity contribution >= 4 is 23.9 Å². The number of benzene rings is 1. The van der Waals surface area contributed by atoms with Gasteiger partial charge in [-0.25, -0.2) is 4.79 Å². The summed E-state index contributed by atoms with van der Waals surface area (Å²) >= 11 is 0. The summed E-state index contributed by atoms with van der Waals surface area (Å²) in [6.07, 6.45) is -2.01. The fraction of sp³-hybridized carbons (Fsp3) is 0.444. The average molecular weight is 394 g/mol. The van der Waals surface area contributed by atoms with Gasteiger partial charge in [-0.15, -0.1) is 5.43 Å². The highest BCUT2D eigenvalue weighted by atomic mass is 16.6. The molecule has 1 aromatic rings. The van der Waals surface area contributed by atoms with Gasteiger partial charge in [0.1, 0.15) is 6.10 Å². The van der Waals surface area contributed by atoms with Crippen molar-refractivity contribution in [3.05, 3.63) is 45.8 Å². The summed E-state index contributed by atoms with van der Waals surface area (Å²) in [6, 6.07) is 6.83. The number of rotatable bonds is 6. The standard InChI is InChI=1S/C18H26N4O6/c1-12(2)27-17(23)19-21(18(24)28-13(3)4)16(22(25)26)11-14-7-9-15(10-8-14)20(5)6/h7-13H,1-6H3,(H,19,23)/b16-11+. The molecule has 0 fully saturated rings. The fourth-order valence-electron chi connectivity index (χ4n) is 2.00. The largest absolute Gasteiger partial charge is 0.532 e. The minimum Gasteiger partial charge on any atom is -0.445 e. The molecule has 0 heterocycles. The Morgan fingerprint density at radius 3 is 2.04 bits per heavy atom. The van der Waals surface area contributed by atoms with Gasteiger partial charge in [0.2, 0.25) is 0 Å². The Balaban J connectivity index is 3.26. The molecule has 0 spiro atoms. The van der Waals surface area contributed by atoms with Crippen molar-refractivity contribution in [2.75, 3.05) is 19.0 Å². The summed E-state index contributed by atoms with van der Waals surface area (Å²) in [7, 11) is 3.72. The molecule has 0 unspecified atom stereocenters. The van der Waals surface area contributed by atoms with E-state index in [1.54, 1.807) is 52.0 Å². The number of hydrazine groups is 1. The third-order valence-corrected chi connectivity index (χ3v) is 3.19. The summed E-state index contributed by atoms with van der Waals surface area (Å²) < 4.78 is 9.91. The lowest BCUT2D eigenvalue weighted by Crippen LogP contribution is -2.48. The molecule has 2 amide bonds. The fourth-order valence-corrected chi connectivity index (χ4v) is 2.00. The Hall–Kier alpha value is -3.30. The van der Waals surface area contributed by atoms with E-state index in [0.717, 1.165) is 11.8 Å². The van der Waals surface area contributed by atoms with Gasteiger partial charge in [0.05, 0.1) is 6.10 Å². The van der Waals surface area contributed by atoms with E-state index in [1.165, 1.54) is 0 Å². The van der Waals surface area contributed by atoms with Gasteiger partial charge < -0.3 is 24.5 Å². The van der Waals surface area contributed by atoms with E-state index in [0.29, 0.717) is 10.6 Å². The first-order valence-electron chi connectivity index (χ1n) is 8.62. The van der Waals surface area contributed by atoms with Crippen LogP contribution in [0, 0.1) is 10.1 Å². The molecule has 1 aromatic carbocycles. The summed E-state index contributed by atoms with van der Waals surface area (Å²) in [5.74, 6) is -0.691. The monoisotopic (exact) mass is 394 g/mol. The second-order valence-corrected chi connectivity index (χ2v) is 6.58. The van der Waals surface area contributed by atoms with Gasteiger partial charge in [-0.2, -0.15) is 4.79 Å². The van der Waals surface area contributed by atoms with Crippen molar-refractivity contribution in [1.29, 1.82) is 0 Å². The number of hydrogen-bond acceptors (Lipinski definition) is 7. The van der Waals surface area contributed by atoms with Crippen LogP contribution < -0.4 is 10.3 Å². The van der Waals surface area contributed by atoms with Crippen molar-refractivity contribution in [2.24, 2.45) is 0 Å². The van der Waals surface area contributed by atoms with Crippen LogP contribution in [0.2, 0.25) is 0 Å². The molecule has 154 valence electrons. The van der Waals surface area contributed by atoms with E-state index >= 15 is 0 Å². The zero-order valence-electron chi connectivity index (χ0n) is 16.8. The Morgan fingerprint density at radius 2 is 1.61 bits per heavy atom. The maximum absolute atomic E-state index is 12.3. The zero-order valence-corrected chi connectivity index (χ0v) is 16.8. The molecule has 0 saturated carbocycles. The Morgan fingerprint density at radius 1 is 1.07 bits per heavy atom. The number of anilines is 1. The van der Waals surface area contributed by atoms with E-state index in [2.05, 4.69) is 5.43 Å². The zero-order chi connectivity index (χ0) is 21.4. The van der Waals surface area contributed by atoms with Gasteiger partial charge in [-0.3, -0.25) is 0 Å². The topological polar surface area (TPSA) is 114 Å². The minimum atomic E-state index is -1.11. The molecule has 0 aromatic heterocycles. The second kappa shape index (κ2) is 10.1. The highest BCUT2D eigenvalue weighted by Gasteiger charge is 2.35. The lowest BCUT2D eigenvalue weighted by Gasteiger charge is -2.18. The smallest absolute Gasteiger partial charge is 0.445 e. The molecule has 0 atom stereocenters. The van der Waals surface area contributed by atoms with Gasteiger partial charge in [0.25, 0.3) is 0 Å². The Bertz CT molecular complexity index is 728. The molecule has 0 bridgehead atoms. The predicted molar refractivity (Wildman–Crippen MR) is 104 cm³/mol. The first kappa shape index (κ1) is 22.7. The van der Waals surface area contributed by atoms with E-state index in [1.807, 2.05) is 19.0 Å². The number of nitrogens with one attached hydrogen (secondary N) is 1. The van der Waals surface area contributed by atoms with Crippen LogP contribution in [0.15, 0.2) is 30.1 Å². The lowest BCUT2D eigenvalue weighted by molar-refractivity contribution is -0.443. The summed E-state index contributed by atoms with van der Waals surface area (Å²) in [5.41, 5.74) is 3.42. The third-order valence-electron chi connectivity index (χ3n) is 3.19. The van der Waals surface area contributed by atoms with Crippen molar-refractivity contribution < 1.29 is 24.0 Å². The second-order valence-electron chi connectivity index (χ2n) is 6.58. The quantitative estimate of drug-likeness (QED) is 0.582. The van der Waals surface area contributed by atoms with Crippen LogP contribution in [0.4, 0.5) is 15.3 Å².